The highest BCUT2D eigenvalue weighted by Crippen LogP contribution is 2.19. The smallest absolute Gasteiger partial charge is 0.240 e. The summed E-state index contributed by atoms with van der Waals surface area (Å²) < 4.78 is 50.2. The Hall–Kier alpha value is -1.61. The summed E-state index contributed by atoms with van der Waals surface area (Å²) in [4.78, 5) is 1.15. The third-order valence-electron chi connectivity index (χ3n) is 3.39. The molecule has 2 aromatic rings. The molecule has 0 unspecified atom stereocenters. The van der Waals surface area contributed by atoms with E-state index in [1.807, 2.05) is 0 Å². The van der Waals surface area contributed by atoms with Crippen molar-refractivity contribution in [3.8, 4) is 5.75 Å². The second kappa shape index (κ2) is 10.5. The maximum Gasteiger partial charge on any atom is 0.240 e. The van der Waals surface area contributed by atoms with Crippen LogP contribution in [-0.2, 0) is 14.8 Å². The second-order valence-corrected chi connectivity index (χ2v) is 8.30. The normalized spacial score (nSPS) is 11.5. The van der Waals surface area contributed by atoms with Gasteiger partial charge in [0.2, 0.25) is 10.0 Å². The number of thioether (sulfide) groups is 1. The van der Waals surface area contributed by atoms with Crippen molar-refractivity contribution in [2.45, 2.75) is 16.2 Å². The number of halogens is 1. The lowest BCUT2D eigenvalue weighted by molar-refractivity contribution is 0.146. The van der Waals surface area contributed by atoms with Gasteiger partial charge in [-0.25, -0.2) is 17.5 Å². The fourth-order valence-electron chi connectivity index (χ4n) is 2.04. The number of sulfonamides is 1. The van der Waals surface area contributed by atoms with Gasteiger partial charge in [0.1, 0.15) is 18.2 Å². The molecule has 26 heavy (non-hydrogen) atoms. The van der Waals surface area contributed by atoms with Crippen LogP contribution in [0.2, 0.25) is 0 Å². The first-order chi connectivity index (χ1) is 12.5. The van der Waals surface area contributed by atoms with E-state index in [2.05, 4.69) is 4.72 Å². The predicted molar refractivity (Wildman–Crippen MR) is 101 cm³/mol. The minimum Gasteiger partial charge on any atom is -0.491 e. The molecule has 0 spiro atoms. The van der Waals surface area contributed by atoms with Crippen molar-refractivity contribution in [2.75, 3.05) is 32.6 Å². The van der Waals surface area contributed by atoms with E-state index in [4.69, 9.17) is 9.47 Å². The van der Waals surface area contributed by atoms with Crippen LogP contribution < -0.4 is 9.46 Å². The maximum atomic E-state index is 12.8. The second-order valence-electron chi connectivity index (χ2n) is 5.37. The third kappa shape index (κ3) is 6.95. The Labute approximate surface area is 158 Å². The molecule has 0 aromatic heterocycles. The van der Waals surface area contributed by atoms with Gasteiger partial charge in [0, 0.05) is 18.6 Å². The molecule has 0 aliphatic rings. The van der Waals surface area contributed by atoms with E-state index in [1.165, 1.54) is 24.3 Å². The molecule has 0 aliphatic carbocycles. The van der Waals surface area contributed by atoms with Crippen LogP contribution in [0, 0.1) is 5.82 Å². The highest BCUT2D eigenvalue weighted by molar-refractivity contribution is 7.99. The zero-order valence-corrected chi connectivity index (χ0v) is 16.1. The average Bonchev–Trinajstić information content (AvgIpc) is 2.63. The molecule has 0 radical (unpaired) electrons. The summed E-state index contributed by atoms with van der Waals surface area (Å²) in [6.07, 6.45) is 0.666. The van der Waals surface area contributed by atoms with E-state index in [9.17, 15) is 12.8 Å². The minimum absolute atomic E-state index is 0.197. The fraction of sp³-hybridized carbons (Fsp3) is 0.333. The van der Waals surface area contributed by atoms with Gasteiger partial charge in [-0.05, 0) is 60.7 Å². The van der Waals surface area contributed by atoms with Crippen molar-refractivity contribution in [3.05, 3.63) is 54.3 Å². The molecule has 8 heteroatoms. The van der Waals surface area contributed by atoms with E-state index < -0.39 is 10.0 Å². The number of methoxy groups -OCH3 is 1. The standard InChI is InChI=1S/C18H22FNO4S2/c1-23-12-13-24-16-5-9-18(10-6-16)26(21,22)20-11-2-14-25-17-7-3-15(19)4-8-17/h3-10,20H,2,11-14H2,1H3. The molecule has 1 N–H and O–H groups in total. The molecule has 2 rings (SSSR count). The van der Waals surface area contributed by atoms with Crippen LogP contribution >= 0.6 is 11.8 Å². The summed E-state index contributed by atoms with van der Waals surface area (Å²) in [5, 5.41) is 0. The molecule has 142 valence electrons. The average molecular weight is 400 g/mol. The highest BCUT2D eigenvalue weighted by atomic mass is 32.2. The lowest BCUT2D eigenvalue weighted by Crippen LogP contribution is -2.25. The predicted octanol–water partition coefficient (Wildman–Crippen LogP) is 3.31. The largest absolute Gasteiger partial charge is 0.491 e. The molecule has 0 fully saturated rings. The molecule has 2 aromatic carbocycles. The van der Waals surface area contributed by atoms with Gasteiger partial charge in [-0.2, -0.15) is 0 Å². The molecule has 0 saturated heterocycles. The minimum atomic E-state index is -3.54. The number of rotatable bonds is 11. The number of ether oxygens (including phenoxy) is 2. The number of hydrogen-bond acceptors (Lipinski definition) is 5. The molecule has 0 amide bonds. The Kier molecular flexibility index (Phi) is 8.37. The first-order valence-electron chi connectivity index (χ1n) is 8.11. The summed E-state index contributed by atoms with van der Waals surface area (Å²) in [6.45, 7) is 1.22. The summed E-state index contributed by atoms with van der Waals surface area (Å²) in [5.41, 5.74) is 0. The van der Waals surface area contributed by atoms with Crippen LogP contribution in [0.3, 0.4) is 0 Å². The van der Waals surface area contributed by atoms with E-state index in [-0.39, 0.29) is 10.7 Å². The van der Waals surface area contributed by atoms with Crippen LogP contribution in [-0.4, -0.2) is 41.0 Å². The molecule has 0 saturated carbocycles. The van der Waals surface area contributed by atoms with Gasteiger partial charge in [0.25, 0.3) is 0 Å². The van der Waals surface area contributed by atoms with Crippen LogP contribution in [0.5, 0.6) is 5.75 Å². The van der Waals surface area contributed by atoms with Crippen molar-refractivity contribution in [2.24, 2.45) is 0 Å². The van der Waals surface area contributed by atoms with Gasteiger partial charge in [-0.15, -0.1) is 11.8 Å². The van der Waals surface area contributed by atoms with Crippen molar-refractivity contribution >= 4 is 21.8 Å². The Bertz CT molecular complexity index is 765. The van der Waals surface area contributed by atoms with Crippen LogP contribution in [0.25, 0.3) is 0 Å². The van der Waals surface area contributed by atoms with Gasteiger partial charge >= 0.3 is 0 Å². The number of benzene rings is 2. The van der Waals surface area contributed by atoms with Crippen molar-refractivity contribution in [3.63, 3.8) is 0 Å². The third-order valence-corrected chi connectivity index (χ3v) is 5.96. The van der Waals surface area contributed by atoms with Crippen LogP contribution in [0.1, 0.15) is 6.42 Å². The molecule has 5 nitrogen and oxygen atoms in total. The van der Waals surface area contributed by atoms with Crippen LogP contribution in [0.15, 0.2) is 58.3 Å². The molecular formula is C18H22FNO4S2. The molecule has 0 aliphatic heterocycles. The first-order valence-corrected chi connectivity index (χ1v) is 10.6. The number of nitrogens with one attached hydrogen (secondary N) is 1. The van der Waals surface area contributed by atoms with Crippen LogP contribution in [0.4, 0.5) is 4.39 Å². The van der Waals surface area contributed by atoms with Gasteiger partial charge < -0.3 is 9.47 Å². The lowest BCUT2D eigenvalue weighted by Gasteiger charge is -2.09. The monoisotopic (exact) mass is 399 g/mol. The zero-order valence-electron chi connectivity index (χ0n) is 14.5. The Morgan fingerprint density at radius 3 is 2.38 bits per heavy atom. The summed E-state index contributed by atoms with van der Waals surface area (Å²) in [5.74, 6) is 1.06. The molecule has 0 bridgehead atoms. The maximum absolute atomic E-state index is 12.8. The first kappa shape index (κ1) is 20.7. The SMILES string of the molecule is COCCOc1ccc(S(=O)(=O)NCCCSc2ccc(F)cc2)cc1. The molecule has 0 heterocycles. The topological polar surface area (TPSA) is 64.6 Å². The van der Waals surface area contributed by atoms with E-state index in [0.29, 0.717) is 31.9 Å². The summed E-state index contributed by atoms with van der Waals surface area (Å²) in [7, 11) is -1.96. The zero-order chi connectivity index (χ0) is 18.8. The van der Waals surface area contributed by atoms with E-state index in [0.717, 1.165) is 10.6 Å². The van der Waals surface area contributed by atoms with Gasteiger partial charge in [-0.3, -0.25) is 0 Å². The van der Waals surface area contributed by atoms with Crippen molar-refractivity contribution < 1.29 is 22.3 Å². The fourth-order valence-corrected chi connectivity index (χ4v) is 3.97. The van der Waals surface area contributed by atoms with Crippen molar-refractivity contribution in [1.82, 2.24) is 4.72 Å². The molecule has 0 atom stereocenters. The van der Waals surface area contributed by atoms with Gasteiger partial charge in [0.15, 0.2) is 0 Å². The van der Waals surface area contributed by atoms with Gasteiger partial charge in [-0.1, -0.05) is 0 Å². The summed E-state index contributed by atoms with van der Waals surface area (Å²) >= 11 is 1.56. The van der Waals surface area contributed by atoms with E-state index in [1.54, 1.807) is 43.1 Å². The van der Waals surface area contributed by atoms with Crippen molar-refractivity contribution in [1.29, 1.82) is 0 Å². The van der Waals surface area contributed by atoms with Gasteiger partial charge in [0.05, 0.1) is 11.5 Å². The summed E-state index contributed by atoms with van der Waals surface area (Å²) in [6, 6.07) is 12.5. The highest BCUT2D eigenvalue weighted by Gasteiger charge is 2.13. The Morgan fingerprint density at radius 2 is 1.73 bits per heavy atom. The molecular weight excluding hydrogens is 377 g/mol. The Balaban J connectivity index is 1.74. The number of hydrogen-bond donors (Lipinski definition) is 1. The Morgan fingerprint density at radius 1 is 1.04 bits per heavy atom. The lowest BCUT2D eigenvalue weighted by atomic mass is 10.3. The quantitative estimate of drug-likeness (QED) is 0.464. The van der Waals surface area contributed by atoms with E-state index >= 15 is 0 Å².